The van der Waals surface area contributed by atoms with Crippen LogP contribution in [-0.4, -0.2) is 33.1 Å². The Bertz CT molecular complexity index is 1400. The number of fused-ring (bicyclic) bond motifs is 1. The first-order chi connectivity index (χ1) is 18.5. The van der Waals surface area contributed by atoms with E-state index in [2.05, 4.69) is 39.7 Å². The maximum atomic E-state index is 12.6. The lowest BCUT2D eigenvalue weighted by Crippen LogP contribution is -2.24. The van der Waals surface area contributed by atoms with E-state index in [4.69, 9.17) is 4.74 Å². The van der Waals surface area contributed by atoms with Gasteiger partial charge in [0, 0.05) is 24.7 Å². The molecule has 0 radical (unpaired) electrons. The quantitative estimate of drug-likeness (QED) is 0.300. The lowest BCUT2D eigenvalue weighted by Gasteiger charge is -2.28. The van der Waals surface area contributed by atoms with E-state index >= 15 is 0 Å². The van der Waals surface area contributed by atoms with Gasteiger partial charge in [0.15, 0.2) is 5.65 Å². The molecule has 1 aliphatic carbocycles. The molecule has 1 fully saturated rings. The molecule has 0 unspecified atom stereocenters. The van der Waals surface area contributed by atoms with Crippen molar-refractivity contribution >= 4 is 17.5 Å². The molecule has 2 heterocycles. The van der Waals surface area contributed by atoms with Crippen LogP contribution in [-0.2, 0) is 16.1 Å². The number of hydrogen-bond donors (Lipinski definition) is 1. The van der Waals surface area contributed by atoms with E-state index in [-0.39, 0.29) is 17.7 Å². The predicted molar refractivity (Wildman–Crippen MR) is 147 cm³/mol. The van der Waals surface area contributed by atoms with Crippen molar-refractivity contribution in [1.29, 1.82) is 0 Å². The highest BCUT2D eigenvalue weighted by atomic mass is 16.5. The second-order valence-electron chi connectivity index (χ2n) is 10.2. The Morgan fingerprint density at radius 1 is 0.947 bits per heavy atom. The van der Waals surface area contributed by atoms with Crippen molar-refractivity contribution in [2.24, 2.45) is 5.92 Å². The molecule has 1 amide bonds. The number of pyridine rings is 1. The molecule has 1 aliphatic rings. The van der Waals surface area contributed by atoms with Gasteiger partial charge in [0.2, 0.25) is 5.82 Å². The van der Waals surface area contributed by atoms with Crippen LogP contribution >= 0.6 is 0 Å². The van der Waals surface area contributed by atoms with Gasteiger partial charge in [-0.3, -0.25) is 9.59 Å². The van der Waals surface area contributed by atoms with Gasteiger partial charge in [-0.15, -0.1) is 5.10 Å². The zero-order valence-electron chi connectivity index (χ0n) is 22.0. The normalized spacial score (nSPS) is 17.3. The van der Waals surface area contributed by atoms with Gasteiger partial charge >= 0.3 is 5.97 Å². The third-order valence-corrected chi connectivity index (χ3v) is 7.43. The maximum absolute atomic E-state index is 12.6. The number of amides is 1. The van der Waals surface area contributed by atoms with Gasteiger partial charge in [0.1, 0.15) is 0 Å². The molecule has 196 valence electrons. The molecule has 0 atom stereocenters. The zero-order valence-corrected chi connectivity index (χ0v) is 22.0. The number of ether oxygens (including phenoxy) is 1. The fraction of sp³-hybridized carbons (Fsp3) is 0.355. The van der Waals surface area contributed by atoms with Crippen molar-refractivity contribution in [2.75, 3.05) is 6.61 Å². The summed E-state index contributed by atoms with van der Waals surface area (Å²) in [6.07, 6.45) is 6.78. The molecular weight excluding hydrogens is 476 g/mol. The summed E-state index contributed by atoms with van der Waals surface area (Å²) in [6.45, 7) is 4.77. The van der Waals surface area contributed by atoms with E-state index < -0.39 is 0 Å². The van der Waals surface area contributed by atoms with E-state index in [0.717, 1.165) is 42.4 Å². The van der Waals surface area contributed by atoms with Crippen LogP contribution in [0, 0.1) is 12.8 Å². The third kappa shape index (κ3) is 6.10. The minimum atomic E-state index is -0.294. The summed E-state index contributed by atoms with van der Waals surface area (Å²) >= 11 is 0. The summed E-state index contributed by atoms with van der Waals surface area (Å²) in [5.41, 5.74) is 6.29. The average molecular weight is 511 g/mol. The molecule has 1 saturated carbocycles. The molecule has 0 spiro atoms. The number of carbonyl (C=O) groups is 2. The zero-order chi connectivity index (χ0) is 26.5. The Balaban J connectivity index is 1.20. The van der Waals surface area contributed by atoms with Crippen LogP contribution in [0.1, 0.15) is 72.3 Å². The van der Waals surface area contributed by atoms with Crippen LogP contribution in [0.3, 0.4) is 0 Å². The average Bonchev–Trinajstić information content (AvgIpc) is 3.37. The fourth-order valence-electron chi connectivity index (χ4n) is 5.22. The van der Waals surface area contributed by atoms with Crippen LogP contribution in [0.4, 0.5) is 0 Å². The van der Waals surface area contributed by atoms with Crippen molar-refractivity contribution in [3.05, 3.63) is 89.4 Å². The second kappa shape index (κ2) is 11.6. The lowest BCUT2D eigenvalue weighted by atomic mass is 9.77. The Morgan fingerprint density at radius 2 is 1.66 bits per heavy atom. The van der Waals surface area contributed by atoms with Crippen LogP contribution in [0.5, 0.6) is 0 Å². The van der Waals surface area contributed by atoms with Crippen molar-refractivity contribution < 1.29 is 14.3 Å². The Hall–Kier alpha value is -4.00. The van der Waals surface area contributed by atoms with Gasteiger partial charge in [-0.05, 0) is 80.2 Å². The van der Waals surface area contributed by atoms with Gasteiger partial charge in [-0.25, -0.2) is 9.50 Å². The maximum Gasteiger partial charge on any atom is 0.306 e. The summed E-state index contributed by atoms with van der Waals surface area (Å²) in [5, 5.41) is 7.31. The summed E-state index contributed by atoms with van der Waals surface area (Å²) in [4.78, 5) is 28.8. The van der Waals surface area contributed by atoms with Gasteiger partial charge in [0.05, 0.1) is 6.61 Å². The van der Waals surface area contributed by atoms with Crippen LogP contribution in [0.25, 0.3) is 16.8 Å². The lowest BCUT2D eigenvalue weighted by molar-refractivity contribution is -0.144. The first-order valence-electron chi connectivity index (χ1n) is 13.4. The Labute approximate surface area is 223 Å². The second-order valence-corrected chi connectivity index (χ2v) is 10.2. The molecule has 7 nitrogen and oxygen atoms in total. The van der Waals surface area contributed by atoms with E-state index in [1.165, 1.54) is 11.1 Å². The molecule has 0 saturated heterocycles. The number of nitrogens with zero attached hydrogens (tertiary/aromatic N) is 3. The number of aromatic nitrogens is 3. The van der Waals surface area contributed by atoms with Gasteiger partial charge in [-0.1, -0.05) is 54.1 Å². The van der Waals surface area contributed by atoms with Crippen LogP contribution in [0.15, 0.2) is 66.9 Å². The van der Waals surface area contributed by atoms with E-state index in [0.29, 0.717) is 37.1 Å². The summed E-state index contributed by atoms with van der Waals surface area (Å²) in [7, 11) is 0. The number of carbonyl (C=O) groups excluding carboxylic acids is 2. The number of rotatable bonds is 8. The van der Waals surface area contributed by atoms with Crippen molar-refractivity contribution in [3.8, 4) is 11.1 Å². The Morgan fingerprint density at radius 3 is 2.37 bits per heavy atom. The number of aryl methyl sites for hydroxylation is 1. The van der Waals surface area contributed by atoms with E-state index in [9.17, 15) is 9.59 Å². The molecule has 1 N–H and O–H groups in total. The highest BCUT2D eigenvalue weighted by molar-refractivity contribution is 5.90. The molecule has 0 aliphatic heterocycles. The van der Waals surface area contributed by atoms with E-state index in [1.807, 2.05) is 56.4 Å². The van der Waals surface area contributed by atoms with Crippen LogP contribution < -0.4 is 5.32 Å². The minimum absolute atomic E-state index is 0.0698. The molecule has 2 aromatic heterocycles. The van der Waals surface area contributed by atoms with Crippen molar-refractivity contribution in [1.82, 2.24) is 19.9 Å². The number of nitrogens with one attached hydrogen (secondary N) is 1. The molecule has 7 heteroatoms. The first kappa shape index (κ1) is 25.6. The summed E-state index contributed by atoms with van der Waals surface area (Å²) in [6, 6.07) is 20.7. The topological polar surface area (TPSA) is 85.6 Å². The van der Waals surface area contributed by atoms with Crippen molar-refractivity contribution in [3.63, 3.8) is 0 Å². The standard InChI is InChI=1S/C31H34N4O3/c1-3-38-29(36)18-22-8-10-24(11-9-22)25-12-14-26(15-13-25)27-16-17-28-33-30(34-35(28)20-27)31(37)32-19-23-6-4-21(2)5-7-23/h4-7,12-17,20,22,24H,3,8-11,18-19H2,1-2H3,(H,32,37)/t22-,24-. The Kier molecular flexibility index (Phi) is 7.82. The largest absolute Gasteiger partial charge is 0.466 e. The highest BCUT2D eigenvalue weighted by Gasteiger charge is 2.24. The molecule has 38 heavy (non-hydrogen) atoms. The third-order valence-electron chi connectivity index (χ3n) is 7.43. The number of esters is 1. The number of benzene rings is 2. The molecule has 0 bridgehead atoms. The minimum Gasteiger partial charge on any atom is -0.466 e. The fourth-order valence-corrected chi connectivity index (χ4v) is 5.22. The monoisotopic (exact) mass is 510 g/mol. The molecule has 4 aromatic rings. The highest BCUT2D eigenvalue weighted by Crippen LogP contribution is 2.37. The van der Waals surface area contributed by atoms with E-state index in [1.54, 1.807) is 4.52 Å². The van der Waals surface area contributed by atoms with Gasteiger partial charge in [0.25, 0.3) is 5.91 Å². The van der Waals surface area contributed by atoms with Gasteiger partial charge in [-0.2, -0.15) is 0 Å². The molecule has 2 aromatic carbocycles. The first-order valence-corrected chi connectivity index (χ1v) is 13.4. The van der Waals surface area contributed by atoms with Crippen molar-refractivity contribution in [2.45, 2.75) is 58.4 Å². The molecular formula is C31H34N4O3. The predicted octanol–water partition coefficient (Wildman–Crippen LogP) is 5.86. The van der Waals surface area contributed by atoms with Gasteiger partial charge < -0.3 is 10.1 Å². The smallest absolute Gasteiger partial charge is 0.306 e. The summed E-state index contributed by atoms with van der Waals surface area (Å²) in [5.74, 6) is 0.759. The van der Waals surface area contributed by atoms with Crippen LogP contribution in [0.2, 0.25) is 0 Å². The summed E-state index contributed by atoms with van der Waals surface area (Å²) < 4.78 is 6.77. The SMILES string of the molecule is CCOC(=O)C[C@H]1CC[C@H](c2ccc(-c3ccc4nc(C(=O)NCc5ccc(C)cc5)nn4c3)cc2)CC1. The molecule has 5 rings (SSSR count). The number of hydrogen-bond acceptors (Lipinski definition) is 5.